The number of rotatable bonds is 0. The van der Waals surface area contributed by atoms with Crippen LogP contribution in [0.4, 0.5) is 0 Å². The van der Waals surface area contributed by atoms with Crippen LogP contribution < -0.4 is 0 Å². The van der Waals surface area contributed by atoms with E-state index in [4.69, 9.17) is 0 Å². The van der Waals surface area contributed by atoms with Gasteiger partial charge in [-0.25, -0.2) is 0 Å². The summed E-state index contributed by atoms with van der Waals surface area (Å²) >= 11 is 10.1. The van der Waals surface area contributed by atoms with Crippen molar-refractivity contribution in [1.29, 1.82) is 0 Å². The van der Waals surface area contributed by atoms with Gasteiger partial charge < -0.3 is 0 Å². The average Bonchev–Trinajstić information content (AvgIpc) is 1.93. The molecule has 0 saturated heterocycles. The van der Waals surface area contributed by atoms with Crippen molar-refractivity contribution < 1.29 is 0 Å². The normalized spacial score (nSPS) is 10.0. The third-order valence-electron chi connectivity index (χ3n) is 1.09. The van der Waals surface area contributed by atoms with E-state index in [-0.39, 0.29) is 0 Å². The molecule has 54 valence electrons. The highest BCUT2D eigenvalue weighted by Crippen LogP contribution is 2.31. The minimum Gasteiger partial charge on any atom is -0.259 e. The number of pyridine rings is 1. The monoisotopic (exact) mass is 327 g/mol. The SMILES string of the molecule is Cc1ncc(Br)c(Br)c1Br. The van der Waals surface area contributed by atoms with Crippen molar-refractivity contribution in [2.45, 2.75) is 6.92 Å². The molecule has 0 spiro atoms. The van der Waals surface area contributed by atoms with Crippen LogP contribution in [0, 0.1) is 6.92 Å². The summed E-state index contributed by atoms with van der Waals surface area (Å²) in [7, 11) is 0. The fourth-order valence-corrected chi connectivity index (χ4v) is 1.80. The Morgan fingerprint density at radius 1 is 1.20 bits per heavy atom. The van der Waals surface area contributed by atoms with Crippen molar-refractivity contribution in [3.8, 4) is 0 Å². The van der Waals surface area contributed by atoms with Gasteiger partial charge in [-0.3, -0.25) is 4.98 Å². The summed E-state index contributed by atoms with van der Waals surface area (Å²) in [6, 6.07) is 0. The lowest BCUT2D eigenvalue weighted by atomic mass is 10.4. The van der Waals surface area contributed by atoms with Gasteiger partial charge in [-0.15, -0.1) is 0 Å². The van der Waals surface area contributed by atoms with E-state index in [1.807, 2.05) is 6.92 Å². The predicted molar refractivity (Wildman–Crippen MR) is 52.1 cm³/mol. The van der Waals surface area contributed by atoms with Gasteiger partial charge in [0.15, 0.2) is 0 Å². The first kappa shape index (κ1) is 8.68. The van der Waals surface area contributed by atoms with Crippen molar-refractivity contribution in [2.24, 2.45) is 0 Å². The summed E-state index contributed by atoms with van der Waals surface area (Å²) in [5.41, 5.74) is 0.982. The number of nitrogens with zero attached hydrogens (tertiary/aromatic N) is 1. The molecule has 0 aromatic carbocycles. The van der Waals surface area contributed by atoms with Crippen LogP contribution >= 0.6 is 47.8 Å². The molecule has 1 heterocycles. The first-order valence-corrected chi connectivity index (χ1v) is 4.97. The smallest absolute Gasteiger partial charge is 0.0541 e. The Balaban J connectivity index is 3.34. The maximum Gasteiger partial charge on any atom is 0.0541 e. The van der Waals surface area contributed by atoms with Gasteiger partial charge in [-0.2, -0.15) is 0 Å². The topological polar surface area (TPSA) is 12.9 Å². The van der Waals surface area contributed by atoms with Gasteiger partial charge >= 0.3 is 0 Å². The Morgan fingerprint density at radius 3 is 2.30 bits per heavy atom. The largest absolute Gasteiger partial charge is 0.259 e. The minimum absolute atomic E-state index is 0.963. The molecular weight excluding hydrogens is 326 g/mol. The average molecular weight is 330 g/mol. The summed E-state index contributed by atoms with van der Waals surface area (Å²) in [4.78, 5) is 4.12. The molecule has 0 fully saturated rings. The standard InChI is InChI=1S/C6H4Br3N/c1-3-5(8)6(9)4(7)2-10-3/h2H,1H3. The highest BCUT2D eigenvalue weighted by molar-refractivity contribution is 9.14. The van der Waals surface area contributed by atoms with Gasteiger partial charge in [-0.05, 0) is 54.7 Å². The first-order valence-electron chi connectivity index (χ1n) is 2.59. The lowest BCUT2D eigenvalue weighted by molar-refractivity contribution is 1.16. The van der Waals surface area contributed by atoms with Crippen LogP contribution in [0.3, 0.4) is 0 Å². The molecule has 0 amide bonds. The zero-order valence-electron chi connectivity index (χ0n) is 5.16. The molecule has 0 atom stereocenters. The maximum absolute atomic E-state index is 4.12. The highest BCUT2D eigenvalue weighted by atomic mass is 79.9. The lowest BCUT2D eigenvalue weighted by Crippen LogP contribution is -1.83. The van der Waals surface area contributed by atoms with Crippen molar-refractivity contribution in [3.05, 3.63) is 25.3 Å². The third-order valence-corrected chi connectivity index (χ3v) is 4.55. The van der Waals surface area contributed by atoms with Gasteiger partial charge in [0.1, 0.15) is 0 Å². The zero-order valence-corrected chi connectivity index (χ0v) is 9.92. The van der Waals surface area contributed by atoms with Crippen LogP contribution in [0.2, 0.25) is 0 Å². The number of hydrogen-bond acceptors (Lipinski definition) is 1. The highest BCUT2D eigenvalue weighted by Gasteiger charge is 2.03. The van der Waals surface area contributed by atoms with Crippen molar-refractivity contribution in [3.63, 3.8) is 0 Å². The van der Waals surface area contributed by atoms with E-state index in [1.54, 1.807) is 6.20 Å². The molecule has 0 unspecified atom stereocenters. The number of aryl methyl sites for hydroxylation is 1. The maximum atomic E-state index is 4.12. The summed E-state index contributed by atoms with van der Waals surface area (Å²) in [5, 5.41) is 0. The van der Waals surface area contributed by atoms with Crippen LogP contribution in [0.5, 0.6) is 0 Å². The molecule has 1 nitrogen and oxygen atoms in total. The van der Waals surface area contributed by atoms with E-state index in [2.05, 4.69) is 52.8 Å². The van der Waals surface area contributed by atoms with E-state index in [0.717, 1.165) is 19.1 Å². The van der Waals surface area contributed by atoms with E-state index in [9.17, 15) is 0 Å². The Hall–Kier alpha value is 0.590. The second-order valence-electron chi connectivity index (χ2n) is 1.82. The molecule has 1 rings (SSSR count). The fourth-order valence-electron chi connectivity index (χ4n) is 0.531. The van der Waals surface area contributed by atoms with Crippen LogP contribution in [-0.4, -0.2) is 4.98 Å². The molecular formula is C6H4Br3N. The van der Waals surface area contributed by atoms with Gasteiger partial charge in [-0.1, -0.05) is 0 Å². The Morgan fingerprint density at radius 2 is 1.80 bits per heavy atom. The van der Waals surface area contributed by atoms with Crippen LogP contribution in [0.25, 0.3) is 0 Å². The van der Waals surface area contributed by atoms with Gasteiger partial charge in [0.25, 0.3) is 0 Å². The van der Waals surface area contributed by atoms with Crippen molar-refractivity contribution >= 4 is 47.8 Å². The Kier molecular flexibility index (Phi) is 2.89. The minimum atomic E-state index is 0.963. The molecule has 0 aliphatic heterocycles. The molecule has 4 heteroatoms. The predicted octanol–water partition coefficient (Wildman–Crippen LogP) is 3.68. The Bertz CT molecular complexity index is 232. The first-order chi connectivity index (χ1) is 4.63. The molecule has 1 aromatic heterocycles. The van der Waals surface area contributed by atoms with Gasteiger partial charge in [0, 0.05) is 10.7 Å². The lowest BCUT2D eigenvalue weighted by Gasteiger charge is -2.00. The van der Waals surface area contributed by atoms with Gasteiger partial charge in [0.05, 0.1) is 14.6 Å². The summed E-state index contributed by atoms with van der Waals surface area (Å²) < 4.78 is 2.98. The van der Waals surface area contributed by atoms with Crippen LogP contribution in [0.15, 0.2) is 19.6 Å². The number of aromatic nitrogens is 1. The summed E-state index contributed by atoms with van der Waals surface area (Å²) in [6.07, 6.45) is 1.77. The number of hydrogen-bond donors (Lipinski definition) is 0. The summed E-state index contributed by atoms with van der Waals surface area (Å²) in [6.45, 7) is 1.95. The molecule has 0 N–H and O–H groups in total. The van der Waals surface area contributed by atoms with E-state index in [0.29, 0.717) is 0 Å². The van der Waals surface area contributed by atoms with Crippen LogP contribution in [0.1, 0.15) is 5.69 Å². The third kappa shape index (κ3) is 1.60. The molecule has 0 aliphatic carbocycles. The molecule has 0 radical (unpaired) electrons. The molecule has 10 heavy (non-hydrogen) atoms. The van der Waals surface area contributed by atoms with E-state index in [1.165, 1.54) is 0 Å². The van der Waals surface area contributed by atoms with Crippen molar-refractivity contribution in [2.75, 3.05) is 0 Å². The quantitative estimate of drug-likeness (QED) is 0.707. The fraction of sp³-hybridized carbons (Fsp3) is 0.167. The van der Waals surface area contributed by atoms with E-state index < -0.39 is 0 Å². The van der Waals surface area contributed by atoms with Crippen molar-refractivity contribution in [1.82, 2.24) is 4.98 Å². The van der Waals surface area contributed by atoms with E-state index >= 15 is 0 Å². The molecule has 0 saturated carbocycles. The second-order valence-corrected chi connectivity index (χ2v) is 4.26. The number of halogens is 3. The zero-order chi connectivity index (χ0) is 7.72. The summed E-state index contributed by atoms with van der Waals surface area (Å²) in [5.74, 6) is 0. The second kappa shape index (κ2) is 3.32. The van der Waals surface area contributed by atoms with Crippen LogP contribution in [-0.2, 0) is 0 Å². The van der Waals surface area contributed by atoms with Gasteiger partial charge in [0.2, 0.25) is 0 Å². The Labute approximate surface area is 84.6 Å². The molecule has 1 aromatic rings. The molecule has 0 aliphatic rings. The molecule has 0 bridgehead atoms.